The number of hydrogen-bond acceptors (Lipinski definition) is 3. The van der Waals surface area contributed by atoms with Gasteiger partial charge in [-0.15, -0.1) is 0 Å². The molecule has 102 valence electrons. The number of nitrogens with zero attached hydrogens (tertiary/aromatic N) is 1. The molecule has 0 aromatic heterocycles. The molecule has 1 amide bonds. The first-order valence-corrected chi connectivity index (χ1v) is 6.19. The first-order chi connectivity index (χ1) is 9.51. The zero-order valence-electron chi connectivity index (χ0n) is 11.6. The zero-order chi connectivity index (χ0) is 14.7. The van der Waals surface area contributed by atoms with Crippen molar-refractivity contribution in [2.75, 3.05) is 7.11 Å². The molecule has 4 heteroatoms. The Labute approximate surface area is 117 Å². The van der Waals surface area contributed by atoms with Gasteiger partial charge in [-0.25, -0.2) is 4.99 Å². The van der Waals surface area contributed by atoms with Crippen molar-refractivity contribution in [3.8, 4) is 5.75 Å². The Morgan fingerprint density at radius 3 is 2.40 bits per heavy atom. The number of rotatable bonds is 2. The lowest BCUT2D eigenvalue weighted by atomic mass is 9.97. The molecule has 0 spiro atoms. The van der Waals surface area contributed by atoms with Crippen LogP contribution in [0.2, 0.25) is 0 Å². The van der Waals surface area contributed by atoms with E-state index >= 15 is 0 Å². The van der Waals surface area contributed by atoms with Crippen LogP contribution in [0.4, 0.5) is 0 Å². The Hall–Kier alpha value is -2.49. The number of amides is 1. The van der Waals surface area contributed by atoms with Gasteiger partial charge in [0.05, 0.1) is 12.8 Å². The number of carbonyl (C=O) groups excluding carboxylic acids is 2. The van der Waals surface area contributed by atoms with Gasteiger partial charge in [-0.2, -0.15) is 0 Å². The molecule has 0 atom stereocenters. The van der Waals surface area contributed by atoms with E-state index in [9.17, 15) is 9.59 Å². The standard InChI is InChI=1S/C16H15NO3/c1-10-7-13(18)8-11(2)15(10)17-16(19)12-5-4-6-14(9-12)20-3/h4-9H,1-3H3. The molecule has 1 aromatic rings. The van der Waals surface area contributed by atoms with Crippen LogP contribution >= 0.6 is 0 Å². The lowest BCUT2D eigenvalue weighted by molar-refractivity contribution is -0.110. The number of ether oxygens (including phenoxy) is 1. The molecular formula is C16H15NO3. The number of hydrogen-bond donors (Lipinski definition) is 0. The fourth-order valence-electron chi connectivity index (χ4n) is 2.01. The SMILES string of the molecule is COc1cccc(C(=O)N=C2C(C)=CC(=O)C=C2C)c1. The molecule has 0 heterocycles. The topological polar surface area (TPSA) is 55.7 Å². The number of carbonyl (C=O) groups is 2. The fraction of sp³-hybridized carbons (Fsp3) is 0.188. The summed E-state index contributed by atoms with van der Waals surface area (Å²) in [5.74, 6) is 0.177. The van der Waals surface area contributed by atoms with Crippen LogP contribution in [0.15, 0.2) is 52.6 Å². The van der Waals surface area contributed by atoms with E-state index in [1.165, 1.54) is 12.2 Å². The lowest BCUT2D eigenvalue weighted by Crippen LogP contribution is -2.13. The van der Waals surface area contributed by atoms with Gasteiger partial charge in [0, 0.05) is 5.56 Å². The molecule has 20 heavy (non-hydrogen) atoms. The molecule has 0 aliphatic heterocycles. The average molecular weight is 269 g/mol. The molecule has 0 saturated heterocycles. The Bertz CT molecular complexity index is 642. The lowest BCUT2D eigenvalue weighted by Gasteiger charge is -2.11. The molecule has 1 aromatic carbocycles. The predicted octanol–water partition coefficient (Wildman–Crippen LogP) is 2.75. The van der Waals surface area contributed by atoms with E-state index in [2.05, 4.69) is 4.99 Å². The summed E-state index contributed by atoms with van der Waals surface area (Å²) in [6, 6.07) is 6.82. The molecule has 0 N–H and O–H groups in total. The van der Waals surface area contributed by atoms with Crippen molar-refractivity contribution in [2.24, 2.45) is 4.99 Å². The second-order valence-electron chi connectivity index (χ2n) is 4.55. The summed E-state index contributed by atoms with van der Waals surface area (Å²) < 4.78 is 5.08. The van der Waals surface area contributed by atoms with E-state index in [0.717, 1.165) is 0 Å². The van der Waals surface area contributed by atoms with Crippen LogP contribution in [0.25, 0.3) is 0 Å². The molecule has 0 bridgehead atoms. The predicted molar refractivity (Wildman–Crippen MR) is 77.3 cm³/mol. The molecular weight excluding hydrogens is 254 g/mol. The summed E-state index contributed by atoms with van der Waals surface area (Å²) in [5, 5.41) is 0. The third-order valence-electron chi connectivity index (χ3n) is 2.99. The summed E-state index contributed by atoms with van der Waals surface area (Å²) >= 11 is 0. The van der Waals surface area contributed by atoms with Crippen molar-refractivity contribution in [3.05, 3.63) is 53.1 Å². The van der Waals surface area contributed by atoms with Crippen LogP contribution in [0, 0.1) is 0 Å². The van der Waals surface area contributed by atoms with Gasteiger partial charge in [0.2, 0.25) is 0 Å². The molecule has 2 rings (SSSR count). The summed E-state index contributed by atoms with van der Waals surface area (Å²) in [6.07, 6.45) is 2.95. The summed E-state index contributed by atoms with van der Waals surface area (Å²) in [7, 11) is 1.54. The fourth-order valence-corrected chi connectivity index (χ4v) is 2.01. The summed E-state index contributed by atoms with van der Waals surface area (Å²) in [4.78, 5) is 27.6. The van der Waals surface area contributed by atoms with Gasteiger partial charge in [-0.3, -0.25) is 9.59 Å². The van der Waals surface area contributed by atoms with Crippen molar-refractivity contribution in [3.63, 3.8) is 0 Å². The Kier molecular flexibility index (Phi) is 3.94. The maximum Gasteiger partial charge on any atom is 0.277 e. The van der Waals surface area contributed by atoms with Crippen LogP contribution in [0.5, 0.6) is 5.75 Å². The minimum absolute atomic E-state index is 0.0761. The van der Waals surface area contributed by atoms with Gasteiger partial charge < -0.3 is 4.74 Å². The van der Waals surface area contributed by atoms with E-state index in [0.29, 0.717) is 28.2 Å². The number of allylic oxidation sites excluding steroid dienone is 4. The van der Waals surface area contributed by atoms with Gasteiger partial charge in [0.15, 0.2) is 5.78 Å². The monoisotopic (exact) mass is 269 g/mol. The average Bonchev–Trinajstić information content (AvgIpc) is 2.42. The number of methoxy groups -OCH3 is 1. The second kappa shape index (κ2) is 5.65. The van der Waals surface area contributed by atoms with Crippen molar-refractivity contribution in [2.45, 2.75) is 13.8 Å². The van der Waals surface area contributed by atoms with Crippen molar-refractivity contribution >= 4 is 17.4 Å². The molecule has 1 aliphatic rings. The van der Waals surface area contributed by atoms with Gasteiger partial charge in [-0.05, 0) is 55.3 Å². The van der Waals surface area contributed by atoms with Gasteiger partial charge in [0.25, 0.3) is 5.91 Å². The van der Waals surface area contributed by atoms with Crippen molar-refractivity contribution < 1.29 is 14.3 Å². The molecule has 4 nitrogen and oxygen atoms in total. The quantitative estimate of drug-likeness (QED) is 0.776. The molecule has 0 saturated carbocycles. The number of benzene rings is 1. The Morgan fingerprint density at radius 2 is 1.80 bits per heavy atom. The smallest absolute Gasteiger partial charge is 0.277 e. The largest absolute Gasteiger partial charge is 0.497 e. The van der Waals surface area contributed by atoms with Crippen LogP contribution < -0.4 is 4.74 Å². The van der Waals surface area contributed by atoms with Crippen LogP contribution in [-0.4, -0.2) is 24.5 Å². The Morgan fingerprint density at radius 1 is 1.15 bits per heavy atom. The van der Waals surface area contributed by atoms with Gasteiger partial charge >= 0.3 is 0 Å². The minimum atomic E-state index is -0.353. The van der Waals surface area contributed by atoms with Crippen LogP contribution in [0.1, 0.15) is 24.2 Å². The molecule has 0 unspecified atom stereocenters. The number of ketones is 1. The highest BCUT2D eigenvalue weighted by molar-refractivity contribution is 6.25. The molecule has 1 aliphatic carbocycles. The second-order valence-corrected chi connectivity index (χ2v) is 4.55. The highest BCUT2D eigenvalue weighted by Crippen LogP contribution is 2.17. The van der Waals surface area contributed by atoms with E-state index in [-0.39, 0.29) is 11.7 Å². The third-order valence-corrected chi connectivity index (χ3v) is 2.99. The minimum Gasteiger partial charge on any atom is -0.497 e. The molecule has 0 fully saturated rings. The maximum atomic E-state index is 12.2. The van der Waals surface area contributed by atoms with Crippen molar-refractivity contribution in [1.82, 2.24) is 0 Å². The van der Waals surface area contributed by atoms with E-state index in [1.54, 1.807) is 45.2 Å². The third kappa shape index (κ3) is 2.91. The van der Waals surface area contributed by atoms with E-state index in [1.807, 2.05) is 0 Å². The first kappa shape index (κ1) is 13.9. The van der Waals surface area contributed by atoms with Gasteiger partial charge in [-0.1, -0.05) is 6.07 Å². The Balaban J connectivity index is 2.35. The van der Waals surface area contributed by atoms with Crippen molar-refractivity contribution in [1.29, 1.82) is 0 Å². The van der Waals surface area contributed by atoms with Crippen LogP contribution in [0.3, 0.4) is 0 Å². The highest BCUT2D eigenvalue weighted by atomic mass is 16.5. The normalized spacial score (nSPS) is 14.6. The highest BCUT2D eigenvalue weighted by Gasteiger charge is 2.15. The summed E-state index contributed by atoms with van der Waals surface area (Å²) in [5.41, 5.74) is 2.41. The molecule has 0 radical (unpaired) electrons. The summed E-state index contributed by atoms with van der Waals surface area (Å²) in [6.45, 7) is 3.54. The maximum absolute atomic E-state index is 12.2. The zero-order valence-corrected chi connectivity index (χ0v) is 11.6. The van der Waals surface area contributed by atoms with E-state index < -0.39 is 0 Å². The van der Waals surface area contributed by atoms with Crippen LogP contribution in [-0.2, 0) is 4.79 Å². The van der Waals surface area contributed by atoms with E-state index in [4.69, 9.17) is 4.74 Å². The number of aliphatic imine (C=N–C) groups is 1. The first-order valence-electron chi connectivity index (χ1n) is 6.19. The van der Waals surface area contributed by atoms with Gasteiger partial charge in [0.1, 0.15) is 5.75 Å².